The van der Waals surface area contributed by atoms with Gasteiger partial charge in [0.05, 0.1) is 16.8 Å². The number of rotatable bonds is 2. The topological polar surface area (TPSA) is 70.7 Å². The predicted molar refractivity (Wildman–Crippen MR) is 92.9 cm³/mol. The molecule has 2 rings (SSSR count). The summed E-state index contributed by atoms with van der Waals surface area (Å²) in [6.07, 6.45) is -0.424. The van der Waals surface area contributed by atoms with E-state index in [4.69, 9.17) is 16.3 Å². The van der Waals surface area contributed by atoms with Crippen LogP contribution in [0.15, 0.2) is 16.6 Å². The van der Waals surface area contributed by atoms with Crippen molar-refractivity contribution in [3.63, 3.8) is 0 Å². The third-order valence-corrected chi connectivity index (χ3v) is 4.41. The second-order valence-electron chi connectivity index (χ2n) is 6.40. The first-order valence-corrected chi connectivity index (χ1v) is 8.43. The average Bonchev–Trinajstić information content (AvgIpc) is 2.41. The zero-order chi connectivity index (χ0) is 18.1. The quantitative estimate of drug-likeness (QED) is 0.708. The van der Waals surface area contributed by atoms with E-state index >= 15 is 0 Å². The Hall–Kier alpha value is -1.54. The number of likely N-dealkylation sites (tertiary alicyclic amines) is 1. The summed E-state index contributed by atoms with van der Waals surface area (Å²) in [6, 6.07) is 2.15. The molecule has 1 aromatic carbocycles. The summed E-state index contributed by atoms with van der Waals surface area (Å²) < 4.78 is 19.5. The molecule has 24 heavy (non-hydrogen) atoms. The van der Waals surface area contributed by atoms with Crippen LogP contribution < -0.4 is 10.6 Å². The first-order valence-electron chi connectivity index (χ1n) is 7.26. The van der Waals surface area contributed by atoms with Gasteiger partial charge in [0.2, 0.25) is 0 Å². The molecular formula is C15H18BrClFN3O3. The second kappa shape index (κ2) is 7.14. The fraction of sp³-hybridized carbons (Fsp3) is 0.467. The van der Waals surface area contributed by atoms with E-state index < -0.39 is 23.5 Å². The van der Waals surface area contributed by atoms with E-state index in [2.05, 4.69) is 26.6 Å². The van der Waals surface area contributed by atoms with Crippen LogP contribution in [0.25, 0.3) is 0 Å². The zero-order valence-corrected chi connectivity index (χ0v) is 15.8. The van der Waals surface area contributed by atoms with Gasteiger partial charge in [0, 0.05) is 17.6 Å². The highest BCUT2D eigenvalue weighted by Crippen LogP contribution is 2.30. The molecule has 1 fully saturated rings. The maximum Gasteiger partial charge on any atom is 0.410 e. The highest BCUT2D eigenvalue weighted by Gasteiger charge is 2.34. The second-order valence-corrected chi connectivity index (χ2v) is 7.64. The number of anilines is 1. The molecule has 0 unspecified atom stereocenters. The first-order chi connectivity index (χ1) is 11.1. The van der Waals surface area contributed by atoms with E-state index in [-0.39, 0.29) is 16.8 Å². The summed E-state index contributed by atoms with van der Waals surface area (Å²) >= 11 is 8.86. The number of hydrogen-bond acceptors (Lipinski definition) is 3. The molecule has 0 saturated carbocycles. The molecule has 132 valence electrons. The maximum atomic E-state index is 13.9. The van der Waals surface area contributed by atoms with Crippen LogP contribution in [0.3, 0.4) is 0 Å². The largest absolute Gasteiger partial charge is 0.444 e. The SMILES string of the molecule is CC(C)(C)OC(=O)N1CC(NC(=O)Nc2ccc(Br)c(Cl)c2F)C1. The van der Waals surface area contributed by atoms with Crippen molar-refractivity contribution in [1.82, 2.24) is 10.2 Å². The van der Waals surface area contributed by atoms with Crippen LogP contribution in [-0.4, -0.2) is 41.8 Å². The predicted octanol–water partition coefficient (Wildman–Crippen LogP) is 3.98. The van der Waals surface area contributed by atoms with Gasteiger partial charge in [0.15, 0.2) is 5.82 Å². The molecule has 0 aromatic heterocycles. The fourth-order valence-electron chi connectivity index (χ4n) is 2.01. The minimum atomic E-state index is -0.717. The lowest BCUT2D eigenvalue weighted by Gasteiger charge is -2.39. The molecule has 0 spiro atoms. The van der Waals surface area contributed by atoms with E-state index in [0.717, 1.165) is 0 Å². The molecule has 2 N–H and O–H groups in total. The molecule has 1 aromatic rings. The van der Waals surface area contributed by atoms with Crippen LogP contribution in [0.2, 0.25) is 5.02 Å². The van der Waals surface area contributed by atoms with Gasteiger partial charge in [-0.3, -0.25) is 0 Å². The molecule has 1 aliphatic rings. The fourth-order valence-corrected chi connectivity index (χ4v) is 2.48. The van der Waals surface area contributed by atoms with Gasteiger partial charge in [-0.05, 0) is 48.8 Å². The van der Waals surface area contributed by atoms with Crippen molar-refractivity contribution < 1.29 is 18.7 Å². The van der Waals surface area contributed by atoms with Gasteiger partial charge in [-0.15, -0.1) is 0 Å². The molecule has 0 aliphatic carbocycles. The molecule has 1 aliphatic heterocycles. The molecule has 0 radical (unpaired) electrons. The number of carbonyl (C=O) groups excluding carboxylic acids is 2. The number of carbonyl (C=O) groups is 2. The van der Waals surface area contributed by atoms with E-state index in [1.165, 1.54) is 17.0 Å². The van der Waals surface area contributed by atoms with Crippen LogP contribution >= 0.6 is 27.5 Å². The van der Waals surface area contributed by atoms with Gasteiger partial charge in [0.1, 0.15) is 5.60 Å². The van der Waals surface area contributed by atoms with Crippen LogP contribution in [0.1, 0.15) is 20.8 Å². The van der Waals surface area contributed by atoms with Crippen molar-refractivity contribution in [3.8, 4) is 0 Å². The molecule has 3 amide bonds. The van der Waals surface area contributed by atoms with E-state index in [9.17, 15) is 14.0 Å². The van der Waals surface area contributed by atoms with Crippen molar-refractivity contribution in [2.45, 2.75) is 32.4 Å². The van der Waals surface area contributed by atoms with Crippen LogP contribution in [-0.2, 0) is 4.74 Å². The average molecular weight is 423 g/mol. The van der Waals surface area contributed by atoms with Crippen molar-refractivity contribution in [2.24, 2.45) is 0 Å². The molecule has 0 bridgehead atoms. The van der Waals surface area contributed by atoms with Gasteiger partial charge in [-0.2, -0.15) is 0 Å². The van der Waals surface area contributed by atoms with Gasteiger partial charge in [-0.25, -0.2) is 14.0 Å². The Labute approximate surface area is 152 Å². The number of nitrogens with zero attached hydrogens (tertiary/aromatic N) is 1. The van der Waals surface area contributed by atoms with Gasteiger partial charge >= 0.3 is 12.1 Å². The Morgan fingerprint density at radius 1 is 1.38 bits per heavy atom. The molecule has 1 saturated heterocycles. The Morgan fingerprint density at radius 2 is 2.00 bits per heavy atom. The highest BCUT2D eigenvalue weighted by atomic mass is 79.9. The van der Waals surface area contributed by atoms with Crippen molar-refractivity contribution >= 4 is 45.3 Å². The molecule has 6 nitrogen and oxygen atoms in total. The lowest BCUT2D eigenvalue weighted by atomic mass is 10.1. The number of amides is 3. The Balaban J connectivity index is 1.81. The number of hydrogen-bond donors (Lipinski definition) is 2. The highest BCUT2D eigenvalue weighted by molar-refractivity contribution is 9.10. The molecule has 1 heterocycles. The molecular weight excluding hydrogens is 405 g/mol. The first kappa shape index (κ1) is 18.8. The van der Waals surface area contributed by atoms with E-state index in [1.54, 1.807) is 20.8 Å². The molecule has 9 heteroatoms. The Morgan fingerprint density at radius 3 is 2.58 bits per heavy atom. The minimum Gasteiger partial charge on any atom is -0.444 e. The third-order valence-electron chi connectivity index (χ3n) is 3.15. The summed E-state index contributed by atoms with van der Waals surface area (Å²) in [7, 11) is 0. The van der Waals surface area contributed by atoms with E-state index in [1.807, 2.05) is 0 Å². The lowest BCUT2D eigenvalue weighted by Crippen LogP contribution is -2.62. The van der Waals surface area contributed by atoms with Gasteiger partial charge in [0.25, 0.3) is 0 Å². The zero-order valence-electron chi connectivity index (χ0n) is 13.5. The minimum absolute atomic E-state index is 0.0241. The van der Waals surface area contributed by atoms with Crippen LogP contribution in [0.5, 0.6) is 0 Å². The summed E-state index contributed by atoms with van der Waals surface area (Å²) in [6.45, 7) is 6.03. The normalized spacial score (nSPS) is 14.8. The van der Waals surface area contributed by atoms with Crippen molar-refractivity contribution in [1.29, 1.82) is 0 Å². The van der Waals surface area contributed by atoms with Gasteiger partial charge in [-0.1, -0.05) is 11.6 Å². The maximum absolute atomic E-state index is 13.9. The van der Waals surface area contributed by atoms with Crippen molar-refractivity contribution in [3.05, 3.63) is 27.4 Å². The Bertz CT molecular complexity index is 660. The third kappa shape index (κ3) is 4.73. The van der Waals surface area contributed by atoms with Crippen molar-refractivity contribution in [2.75, 3.05) is 18.4 Å². The lowest BCUT2D eigenvalue weighted by molar-refractivity contribution is 0.00649. The van der Waals surface area contributed by atoms with Crippen LogP contribution in [0.4, 0.5) is 19.7 Å². The number of nitrogens with one attached hydrogen (secondary N) is 2. The number of urea groups is 1. The standard InChI is InChI=1S/C15H18BrClFN3O3/c1-15(2,3)24-14(23)21-6-8(7-21)19-13(22)20-10-5-4-9(16)11(17)12(10)18/h4-5,8H,6-7H2,1-3H3,(H2,19,20,22). The van der Waals surface area contributed by atoms with E-state index in [0.29, 0.717) is 17.6 Å². The summed E-state index contributed by atoms with van der Waals surface area (Å²) in [5, 5.41) is 4.94. The number of ether oxygens (including phenoxy) is 1. The Kier molecular flexibility index (Phi) is 5.59. The van der Waals surface area contributed by atoms with Gasteiger partial charge < -0.3 is 20.3 Å². The number of halogens is 3. The monoisotopic (exact) mass is 421 g/mol. The summed E-state index contributed by atoms with van der Waals surface area (Å²) in [5.41, 5.74) is -0.588. The molecule has 0 atom stereocenters. The smallest absolute Gasteiger partial charge is 0.410 e. The number of benzene rings is 1. The summed E-state index contributed by atoms with van der Waals surface area (Å²) in [4.78, 5) is 25.2. The van der Waals surface area contributed by atoms with Crippen LogP contribution in [0, 0.1) is 5.82 Å². The summed E-state index contributed by atoms with van der Waals surface area (Å²) in [5.74, 6) is -0.717.